The van der Waals surface area contributed by atoms with Crippen molar-refractivity contribution in [2.45, 2.75) is 61.3 Å². The molecule has 4 N–H and O–H groups in total. The van der Waals surface area contributed by atoms with Crippen LogP contribution in [0, 0.1) is 22.7 Å². The number of nitrogens with zero attached hydrogens (tertiary/aromatic N) is 6. The highest BCUT2D eigenvalue weighted by Gasteiger charge is 2.63. The van der Waals surface area contributed by atoms with E-state index >= 15 is 4.39 Å². The summed E-state index contributed by atoms with van der Waals surface area (Å²) in [4.78, 5) is 7.80. The molecule has 8 rings (SSSR count). The van der Waals surface area contributed by atoms with Gasteiger partial charge in [0.2, 0.25) is 0 Å². The highest BCUT2D eigenvalue weighted by Crippen LogP contribution is 2.57. The maximum Gasteiger partial charge on any atom is 0.488 e. The number of rotatable bonds is 10. The highest BCUT2D eigenvalue weighted by atomic mass is 79.9. The number of hydrogen-bond donors (Lipinski definition) is 4. The van der Waals surface area contributed by atoms with Crippen LogP contribution in [-0.2, 0) is 24.3 Å². The van der Waals surface area contributed by atoms with Crippen LogP contribution in [0.3, 0.4) is 0 Å². The number of benzene rings is 4. The second-order valence-electron chi connectivity index (χ2n) is 14.4. The zero-order valence-corrected chi connectivity index (χ0v) is 35.9. The molecule has 2 atom stereocenters. The highest BCUT2D eigenvalue weighted by molar-refractivity contribution is 9.10. The van der Waals surface area contributed by atoms with Crippen LogP contribution in [0.5, 0.6) is 0 Å². The number of halogens is 7. The van der Waals surface area contributed by atoms with Crippen LogP contribution in [0.25, 0.3) is 11.1 Å². The summed E-state index contributed by atoms with van der Waals surface area (Å²) in [5.74, 6) is 0. The van der Waals surface area contributed by atoms with Crippen molar-refractivity contribution in [1.82, 2.24) is 19.1 Å². The Morgan fingerprint density at radius 3 is 1.48 bits per heavy atom. The van der Waals surface area contributed by atoms with Gasteiger partial charge in [-0.05, 0) is 84.7 Å². The predicted molar refractivity (Wildman–Crippen MR) is 230 cm³/mol. The van der Waals surface area contributed by atoms with Gasteiger partial charge in [0.25, 0.3) is 0 Å². The Bertz CT molecular complexity index is 2560. The third kappa shape index (κ3) is 9.74. The molecule has 18 heteroatoms. The fraction of sp³-hybridized carbons (Fsp3) is 0.238. The number of alkyl halides is 2. The summed E-state index contributed by atoms with van der Waals surface area (Å²) in [6.45, 7) is -0.264. The summed E-state index contributed by atoms with van der Waals surface area (Å²) < 4.78 is 33.8. The lowest BCUT2D eigenvalue weighted by Gasteiger charge is -2.33. The zero-order valence-electron chi connectivity index (χ0n) is 31.3. The Balaban J connectivity index is 0.000000167. The van der Waals surface area contributed by atoms with Gasteiger partial charge >= 0.3 is 7.12 Å². The SMILES string of the molecule is N#Cc1cncn1CC(O)(c1ccc(-c2ccc(Cl)cc2)cc1Cl)C1(F)CC1.N#Cc1cncn1CC(O)(c1ccc(Br)cc1Cl)C1(F)CC1.OB(O)c1ccc(Cl)cc1. The first-order chi connectivity index (χ1) is 28.5. The van der Waals surface area contributed by atoms with E-state index in [9.17, 15) is 19.9 Å². The molecule has 2 aliphatic rings. The minimum Gasteiger partial charge on any atom is -0.423 e. The molecule has 0 radical (unpaired) electrons. The normalized spacial score (nSPS) is 16.3. The van der Waals surface area contributed by atoms with E-state index in [-0.39, 0.29) is 60.2 Å². The molecule has 0 amide bonds. The number of aliphatic hydroxyl groups is 2. The standard InChI is InChI=1S/C21H16Cl2FN3O.C15H12BrClFN3O.C6H6BClO2/c22-16-4-1-14(2-5-16)15-3-6-18(19(23)9-15)21(28,20(24)7-8-20)12-27-13-26-11-17(27)10-25;16-10-1-2-12(13(17)5-10)15(22,14(18)3-4-14)8-21-9-20-7-11(21)6-19;8-6-3-1-5(2-4-6)7(9)10/h1-6,9,11,13,28H,7-8,12H2;1-2,5,7,9,22H,3-4,8H2;1-4,9-10H. The van der Waals surface area contributed by atoms with Gasteiger partial charge < -0.3 is 29.4 Å². The van der Waals surface area contributed by atoms with Gasteiger partial charge in [0.05, 0.1) is 38.1 Å². The van der Waals surface area contributed by atoms with E-state index in [2.05, 4.69) is 25.9 Å². The average Bonchev–Trinajstić information content (AvgIpc) is 4.05. The molecule has 2 heterocycles. The molecule has 0 bridgehead atoms. The molecule has 2 fully saturated rings. The molecule has 10 nitrogen and oxygen atoms in total. The molecular weight excluding hydrogens is 923 g/mol. The van der Waals surface area contributed by atoms with E-state index < -0.39 is 29.7 Å². The second-order valence-corrected chi connectivity index (χ2v) is 17.0. The van der Waals surface area contributed by atoms with Crippen LogP contribution >= 0.6 is 62.3 Å². The first kappa shape index (κ1) is 45.2. The lowest BCUT2D eigenvalue weighted by atomic mass is 9.81. The first-order valence-corrected chi connectivity index (χ1v) is 20.5. The molecule has 4 aromatic carbocycles. The maximum absolute atomic E-state index is 15.3. The smallest absolute Gasteiger partial charge is 0.423 e. The lowest BCUT2D eigenvalue weighted by Crippen LogP contribution is -2.43. The largest absolute Gasteiger partial charge is 0.488 e. The van der Waals surface area contributed by atoms with Crippen molar-refractivity contribution in [3.8, 4) is 23.3 Å². The van der Waals surface area contributed by atoms with E-state index in [0.29, 0.717) is 26.6 Å². The Hall–Kier alpha value is -4.32. The summed E-state index contributed by atoms with van der Waals surface area (Å²) in [6.07, 6.45) is 6.54. The molecule has 2 saturated carbocycles. The van der Waals surface area contributed by atoms with Gasteiger partial charge in [-0.15, -0.1) is 0 Å². The van der Waals surface area contributed by atoms with Crippen molar-refractivity contribution >= 4 is 74.9 Å². The third-order valence-corrected chi connectivity index (χ3v) is 12.1. The van der Waals surface area contributed by atoms with Crippen molar-refractivity contribution in [3.63, 3.8) is 0 Å². The Morgan fingerprint density at radius 2 is 1.08 bits per heavy atom. The summed E-state index contributed by atoms with van der Waals surface area (Å²) in [7, 11) is -1.41. The molecule has 2 unspecified atom stereocenters. The van der Waals surface area contributed by atoms with Crippen LogP contribution < -0.4 is 5.46 Å². The second kappa shape index (κ2) is 18.3. The maximum atomic E-state index is 15.3. The minimum absolute atomic E-state index is 0.117. The van der Waals surface area contributed by atoms with E-state index in [1.165, 1.54) is 34.2 Å². The van der Waals surface area contributed by atoms with Gasteiger partial charge in [0.1, 0.15) is 46.1 Å². The summed E-state index contributed by atoms with van der Waals surface area (Å²) in [6, 6.07) is 27.7. The number of nitriles is 2. The molecule has 308 valence electrons. The molecule has 2 aromatic heterocycles. The van der Waals surface area contributed by atoms with Crippen molar-refractivity contribution in [2.75, 3.05) is 0 Å². The zero-order chi connectivity index (χ0) is 43.5. The predicted octanol–water partition coefficient (Wildman–Crippen LogP) is 8.70. The van der Waals surface area contributed by atoms with Crippen molar-refractivity contribution in [1.29, 1.82) is 10.5 Å². The van der Waals surface area contributed by atoms with Gasteiger partial charge in [-0.2, -0.15) is 10.5 Å². The van der Waals surface area contributed by atoms with Crippen molar-refractivity contribution in [3.05, 3.63) is 157 Å². The van der Waals surface area contributed by atoms with Gasteiger partial charge in [-0.1, -0.05) is 105 Å². The van der Waals surface area contributed by atoms with Gasteiger partial charge in [-0.25, -0.2) is 18.7 Å². The average molecular weight is 957 g/mol. The van der Waals surface area contributed by atoms with Crippen LogP contribution in [0.4, 0.5) is 8.78 Å². The molecule has 2 aliphatic carbocycles. The fourth-order valence-electron chi connectivity index (χ4n) is 6.69. The third-order valence-electron chi connectivity index (χ3n) is 10.4. The molecule has 6 aromatic rings. The van der Waals surface area contributed by atoms with Gasteiger partial charge in [0, 0.05) is 35.7 Å². The lowest BCUT2D eigenvalue weighted by molar-refractivity contribution is -0.0697. The van der Waals surface area contributed by atoms with E-state index in [4.69, 9.17) is 61.7 Å². The van der Waals surface area contributed by atoms with Crippen molar-refractivity contribution < 1.29 is 29.0 Å². The fourth-order valence-corrected chi connectivity index (χ4v) is 8.11. The molecule has 0 saturated heterocycles. The van der Waals surface area contributed by atoms with Crippen LogP contribution in [-0.4, -0.2) is 57.8 Å². The summed E-state index contributed by atoms with van der Waals surface area (Å²) in [5.41, 5.74) is -3.92. The molecule has 0 spiro atoms. The van der Waals surface area contributed by atoms with Gasteiger partial charge in [0.15, 0.2) is 0 Å². The molecule has 0 aliphatic heterocycles. The number of imidazole rings is 2. The number of hydrogen-bond acceptors (Lipinski definition) is 8. The van der Waals surface area contributed by atoms with Gasteiger partial charge in [-0.3, -0.25) is 0 Å². The summed E-state index contributed by atoms with van der Waals surface area (Å²) in [5, 5.41) is 59.8. The van der Waals surface area contributed by atoms with E-state index in [1.807, 2.05) is 24.3 Å². The first-order valence-electron chi connectivity index (χ1n) is 18.2. The van der Waals surface area contributed by atoms with Crippen molar-refractivity contribution in [2.24, 2.45) is 0 Å². The topological polar surface area (TPSA) is 164 Å². The summed E-state index contributed by atoms with van der Waals surface area (Å²) >= 11 is 27.5. The molecule has 60 heavy (non-hydrogen) atoms. The van der Waals surface area contributed by atoms with Crippen LogP contribution in [0.1, 0.15) is 48.2 Å². The van der Waals surface area contributed by atoms with Crippen LogP contribution in [0.15, 0.2) is 114 Å². The quantitative estimate of drug-likeness (QED) is 0.0992. The molecular formula is C42H34BBrCl4F2N6O4. The van der Waals surface area contributed by atoms with E-state index in [1.54, 1.807) is 72.8 Å². The number of aromatic nitrogens is 4. The van der Waals surface area contributed by atoms with Crippen LogP contribution in [0.2, 0.25) is 20.1 Å². The Labute approximate surface area is 373 Å². The minimum atomic E-state index is -1.87. The Kier molecular flexibility index (Phi) is 13.8. The Morgan fingerprint density at radius 1 is 0.667 bits per heavy atom. The monoisotopic (exact) mass is 954 g/mol. The van der Waals surface area contributed by atoms with E-state index in [0.717, 1.165) is 15.6 Å².